The number of nitrogens with zero attached hydrogens (tertiary/aromatic N) is 1. The minimum absolute atomic E-state index is 0.0129. The predicted molar refractivity (Wildman–Crippen MR) is 63.4 cm³/mol. The van der Waals surface area contributed by atoms with Gasteiger partial charge in [0, 0.05) is 11.8 Å². The largest absolute Gasteiger partial charge is 0.507 e. The highest BCUT2D eigenvalue weighted by atomic mass is 16.3. The molecular formula is C13H8N2O3. The summed E-state index contributed by atoms with van der Waals surface area (Å²) in [6, 6.07) is 5.70. The van der Waals surface area contributed by atoms with Crippen LogP contribution in [0.1, 0.15) is 27.2 Å². The number of hydrogen-bond donors (Lipinski definition) is 3. The molecule has 0 bridgehead atoms. The molecule has 0 amide bonds. The van der Waals surface area contributed by atoms with Gasteiger partial charge in [-0.3, -0.25) is 15.2 Å². The van der Waals surface area contributed by atoms with Crippen molar-refractivity contribution in [1.29, 1.82) is 5.41 Å². The van der Waals surface area contributed by atoms with Gasteiger partial charge in [-0.2, -0.15) is 0 Å². The lowest BCUT2D eigenvalue weighted by molar-refractivity contribution is 0.103. The molecule has 0 radical (unpaired) electrons. The van der Waals surface area contributed by atoms with Crippen LogP contribution in [0.5, 0.6) is 11.5 Å². The Balaban J connectivity index is 2.41. The summed E-state index contributed by atoms with van der Waals surface area (Å²) in [5.41, 5.74) is 0.458. The topological polar surface area (TPSA) is 94.3 Å². The van der Waals surface area contributed by atoms with Gasteiger partial charge >= 0.3 is 0 Å². The van der Waals surface area contributed by atoms with Gasteiger partial charge in [0.1, 0.15) is 17.2 Å². The molecule has 1 aromatic heterocycles. The molecule has 0 unspecified atom stereocenters. The fourth-order valence-electron chi connectivity index (χ4n) is 2.10. The first kappa shape index (κ1) is 10.5. The van der Waals surface area contributed by atoms with Gasteiger partial charge in [0.05, 0.1) is 16.8 Å². The van der Waals surface area contributed by atoms with E-state index in [0.29, 0.717) is 5.56 Å². The van der Waals surface area contributed by atoms with Crippen LogP contribution in [0.15, 0.2) is 30.5 Å². The van der Waals surface area contributed by atoms with Crippen LogP contribution in [0.2, 0.25) is 0 Å². The van der Waals surface area contributed by atoms with Crippen LogP contribution in [0.25, 0.3) is 0 Å². The zero-order chi connectivity index (χ0) is 12.9. The summed E-state index contributed by atoms with van der Waals surface area (Å²) in [7, 11) is 0. The zero-order valence-corrected chi connectivity index (χ0v) is 9.14. The molecule has 0 aliphatic heterocycles. The second-order valence-corrected chi connectivity index (χ2v) is 3.96. The van der Waals surface area contributed by atoms with Crippen molar-refractivity contribution in [2.24, 2.45) is 0 Å². The lowest BCUT2D eigenvalue weighted by atomic mass is 9.85. The van der Waals surface area contributed by atoms with Gasteiger partial charge in [-0.15, -0.1) is 0 Å². The van der Waals surface area contributed by atoms with Crippen molar-refractivity contribution in [3.05, 3.63) is 52.8 Å². The van der Waals surface area contributed by atoms with E-state index in [-0.39, 0.29) is 34.0 Å². The molecule has 0 spiro atoms. The fourth-order valence-corrected chi connectivity index (χ4v) is 2.10. The van der Waals surface area contributed by atoms with Crippen LogP contribution in [-0.4, -0.2) is 26.7 Å². The van der Waals surface area contributed by atoms with Crippen LogP contribution in [-0.2, 0) is 0 Å². The van der Waals surface area contributed by atoms with Gasteiger partial charge in [0.25, 0.3) is 0 Å². The molecule has 0 saturated carbocycles. The van der Waals surface area contributed by atoms with Gasteiger partial charge in [-0.05, 0) is 24.3 Å². The average Bonchev–Trinajstić information content (AvgIpc) is 2.38. The normalized spacial score (nSPS) is 13.1. The standard InChI is InChI=1S/C13H8N2O3/c14-11-6-2-1-5-15-12(6)13(18)10-8(17)4-3-7(16)9(10)11/h1-5,14,16-17H. The number of rotatable bonds is 0. The smallest absolute Gasteiger partial charge is 0.216 e. The Morgan fingerprint density at radius 3 is 2.44 bits per heavy atom. The highest BCUT2D eigenvalue weighted by Crippen LogP contribution is 2.36. The number of hydrogen-bond acceptors (Lipinski definition) is 5. The molecule has 2 aromatic rings. The third-order valence-electron chi connectivity index (χ3n) is 2.93. The summed E-state index contributed by atoms with van der Waals surface area (Å²) in [4.78, 5) is 16.1. The number of fused-ring (bicyclic) bond motifs is 2. The van der Waals surface area contributed by atoms with E-state index in [0.717, 1.165) is 0 Å². The summed E-state index contributed by atoms with van der Waals surface area (Å²) in [5, 5.41) is 27.5. The number of ketones is 1. The molecule has 5 heteroatoms. The Morgan fingerprint density at radius 2 is 1.72 bits per heavy atom. The highest BCUT2D eigenvalue weighted by molar-refractivity contribution is 6.30. The number of carbonyl (C=O) groups is 1. The Labute approximate surface area is 102 Å². The van der Waals surface area contributed by atoms with Gasteiger partial charge in [-0.25, -0.2) is 0 Å². The molecular weight excluding hydrogens is 232 g/mol. The first-order valence-corrected chi connectivity index (χ1v) is 5.25. The third-order valence-corrected chi connectivity index (χ3v) is 2.93. The van der Waals surface area contributed by atoms with Crippen molar-refractivity contribution < 1.29 is 15.0 Å². The minimum atomic E-state index is -0.481. The first-order valence-electron chi connectivity index (χ1n) is 5.25. The second-order valence-electron chi connectivity index (χ2n) is 3.96. The number of carbonyl (C=O) groups excluding carboxylic acids is 1. The minimum Gasteiger partial charge on any atom is -0.507 e. The molecule has 1 heterocycles. The Kier molecular flexibility index (Phi) is 1.98. The molecule has 1 aliphatic carbocycles. The maximum Gasteiger partial charge on any atom is 0.216 e. The SMILES string of the molecule is N=C1c2cccnc2C(=O)c2c(O)ccc(O)c21. The quantitative estimate of drug-likeness (QED) is 0.518. The van der Waals surface area contributed by atoms with E-state index >= 15 is 0 Å². The number of aromatic nitrogens is 1. The molecule has 88 valence electrons. The summed E-state index contributed by atoms with van der Waals surface area (Å²) >= 11 is 0. The molecule has 5 nitrogen and oxygen atoms in total. The lowest BCUT2D eigenvalue weighted by Crippen LogP contribution is -2.22. The molecule has 0 saturated heterocycles. The van der Waals surface area contributed by atoms with Crippen molar-refractivity contribution in [3.63, 3.8) is 0 Å². The summed E-state index contributed by atoms with van der Waals surface area (Å²) in [6.45, 7) is 0. The third kappa shape index (κ3) is 1.18. The van der Waals surface area contributed by atoms with Gasteiger partial charge in [0.15, 0.2) is 0 Å². The molecule has 0 fully saturated rings. The van der Waals surface area contributed by atoms with E-state index < -0.39 is 5.78 Å². The molecule has 1 aliphatic rings. The highest BCUT2D eigenvalue weighted by Gasteiger charge is 2.32. The number of aromatic hydroxyl groups is 2. The predicted octanol–water partition coefficient (Wildman–Crippen LogP) is 1.45. The van der Waals surface area contributed by atoms with Gasteiger partial charge < -0.3 is 10.2 Å². The monoisotopic (exact) mass is 240 g/mol. The van der Waals surface area contributed by atoms with E-state index in [4.69, 9.17) is 5.41 Å². The molecule has 3 rings (SSSR count). The summed E-state index contributed by atoms with van der Waals surface area (Å²) < 4.78 is 0. The van der Waals surface area contributed by atoms with E-state index in [1.165, 1.54) is 18.3 Å². The van der Waals surface area contributed by atoms with Crippen molar-refractivity contribution >= 4 is 11.5 Å². The van der Waals surface area contributed by atoms with E-state index in [2.05, 4.69) is 4.98 Å². The number of phenolic OH excluding ortho intramolecular Hbond substituents is 2. The zero-order valence-electron chi connectivity index (χ0n) is 9.14. The Morgan fingerprint density at radius 1 is 1.06 bits per heavy atom. The number of nitrogens with one attached hydrogen (secondary N) is 1. The van der Waals surface area contributed by atoms with Crippen LogP contribution >= 0.6 is 0 Å². The molecule has 1 aromatic carbocycles. The lowest BCUT2D eigenvalue weighted by Gasteiger charge is -2.19. The number of phenols is 2. The van der Waals surface area contributed by atoms with Crippen molar-refractivity contribution in [1.82, 2.24) is 4.98 Å². The van der Waals surface area contributed by atoms with Crippen LogP contribution in [0, 0.1) is 5.41 Å². The molecule has 3 N–H and O–H groups in total. The maximum absolute atomic E-state index is 12.2. The fraction of sp³-hybridized carbons (Fsp3) is 0. The number of pyridine rings is 1. The summed E-state index contributed by atoms with van der Waals surface area (Å²) in [5.74, 6) is -0.936. The Bertz CT molecular complexity index is 647. The van der Waals surface area contributed by atoms with Gasteiger partial charge in [-0.1, -0.05) is 0 Å². The van der Waals surface area contributed by atoms with Crippen LogP contribution in [0.3, 0.4) is 0 Å². The number of benzene rings is 1. The first-order chi connectivity index (χ1) is 8.61. The van der Waals surface area contributed by atoms with E-state index in [1.807, 2.05) is 0 Å². The summed E-state index contributed by atoms with van der Waals surface area (Å²) in [6.07, 6.45) is 1.45. The second kappa shape index (κ2) is 3.40. The average molecular weight is 240 g/mol. The van der Waals surface area contributed by atoms with Crippen LogP contribution < -0.4 is 0 Å². The van der Waals surface area contributed by atoms with E-state index in [1.54, 1.807) is 12.1 Å². The Hall–Kier alpha value is -2.69. The van der Waals surface area contributed by atoms with Crippen molar-refractivity contribution in [2.75, 3.05) is 0 Å². The molecule has 18 heavy (non-hydrogen) atoms. The van der Waals surface area contributed by atoms with E-state index in [9.17, 15) is 15.0 Å². The van der Waals surface area contributed by atoms with Gasteiger partial charge in [0.2, 0.25) is 5.78 Å². The van der Waals surface area contributed by atoms with Crippen molar-refractivity contribution in [2.45, 2.75) is 0 Å². The molecule has 0 atom stereocenters. The van der Waals surface area contributed by atoms with Crippen molar-refractivity contribution in [3.8, 4) is 11.5 Å². The maximum atomic E-state index is 12.2. The van der Waals surface area contributed by atoms with Crippen LogP contribution in [0.4, 0.5) is 0 Å².